The van der Waals surface area contributed by atoms with Crippen molar-refractivity contribution in [2.75, 3.05) is 7.05 Å². The highest BCUT2D eigenvalue weighted by Gasteiger charge is 2.14. The zero-order valence-electron chi connectivity index (χ0n) is 8.41. The van der Waals surface area contributed by atoms with Crippen molar-refractivity contribution in [1.29, 1.82) is 0 Å². The van der Waals surface area contributed by atoms with Crippen molar-refractivity contribution < 1.29 is 0 Å². The average Bonchev–Trinajstić information content (AvgIpc) is 2.59. The molecule has 13 heavy (non-hydrogen) atoms. The summed E-state index contributed by atoms with van der Waals surface area (Å²) in [5, 5.41) is 6.13. The van der Waals surface area contributed by atoms with Crippen LogP contribution < -0.4 is 5.32 Å². The highest BCUT2D eigenvalue weighted by molar-refractivity contribution is 8.01. The van der Waals surface area contributed by atoms with Crippen molar-refractivity contribution in [3.8, 4) is 0 Å². The van der Waals surface area contributed by atoms with Crippen molar-refractivity contribution in [2.24, 2.45) is 0 Å². The maximum absolute atomic E-state index is 3.35. The van der Waals surface area contributed by atoms with Gasteiger partial charge in [-0.3, -0.25) is 0 Å². The number of rotatable bonds is 5. The average molecular weight is 215 g/mol. The SMILES string of the molecule is CCC(NC)C(C)Sc1cccs1. The normalized spacial score (nSPS) is 15.6. The van der Waals surface area contributed by atoms with Crippen LogP contribution >= 0.6 is 23.1 Å². The minimum Gasteiger partial charge on any atom is -0.316 e. The lowest BCUT2D eigenvalue weighted by atomic mass is 10.2. The van der Waals surface area contributed by atoms with Crippen molar-refractivity contribution in [2.45, 2.75) is 35.8 Å². The molecule has 1 aromatic rings. The third-order valence-corrected chi connectivity index (χ3v) is 4.48. The summed E-state index contributed by atoms with van der Waals surface area (Å²) in [6, 6.07) is 4.92. The highest BCUT2D eigenvalue weighted by atomic mass is 32.2. The van der Waals surface area contributed by atoms with E-state index in [-0.39, 0.29) is 0 Å². The van der Waals surface area contributed by atoms with Crippen LogP contribution in [0.1, 0.15) is 20.3 Å². The zero-order chi connectivity index (χ0) is 9.68. The fraction of sp³-hybridized carbons (Fsp3) is 0.600. The first-order valence-corrected chi connectivity index (χ1v) is 6.41. The summed E-state index contributed by atoms with van der Waals surface area (Å²) < 4.78 is 1.42. The Morgan fingerprint density at radius 1 is 1.62 bits per heavy atom. The van der Waals surface area contributed by atoms with Crippen LogP contribution in [0.2, 0.25) is 0 Å². The molecule has 0 fully saturated rings. The van der Waals surface area contributed by atoms with Gasteiger partial charge in [0.05, 0.1) is 4.21 Å². The predicted octanol–water partition coefficient (Wildman–Crippen LogP) is 3.23. The van der Waals surface area contributed by atoms with E-state index in [2.05, 4.69) is 36.7 Å². The van der Waals surface area contributed by atoms with E-state index in [9.17, 15) is 0 Å². The fourth-order valence-electron chi connectivity index (χ4n) is 1.37. The standard InChI is InChI=1S/C10H17NS2/c1-4-9(11-3)8(2)13-10-6-5-7-12-10/h5-9,11H,4H2,1-3H3. The van der Waals surface area contributed by atoms with Gasteiger partial charge in [-0.25, -0.2) is 0 Å². The Morgan fingerprint density at radius 3 is 2.85 bits per heavy atom. The Labute approximate surface area is 88.9 Å². The van der Waals surface area contributed by atoms with Crippen LogP contribution in [-0.4, -0.2) is 18.3 Å². The fourth-order valence-corrected chi connectivity index (χ4v) is 3.68. The maximum Gasteiger partial charge on any atom is 0.0601 e. The van der Waals surface area contributed by atoms with Crippen molar-refractivity contribution in [3.05, 3.63) is 17.5 Å². The van der Waals surface area contributed by atoms with Gasteiger partial charge < -0.3 is 5.32 Å². The van der Waals surface area contributed by atoms with Gasteiger partial charge in [-0.05, 0) is 24.9 Å². The molecule has 0 aliphatic rings. The molecule has 74 valence electrons. The van der Waals surface area contributed by atoms with E-state index in [1.807, 2.05) is 30.1 Å². The first-order valence-electron chi connectivity index (χ1n) is 4.65. The largest absolute Gasteiger partial charge is 0.316 e. The van der Waals surface area contributed by atoms with Gasteiger partial charge in [0.1, 0.15) is 0 Å². The molecule has 3 heteroatoms. The van der Waals surface area contributed by atoms with Crippen LogP contribution in [-0.2, 0) is 0 Å². The molecule has 2 unspecified atom stereocenters. The van der Waals surface area contributed by atoms with E-state index >= 15 is 0 Å². The molecule has 0 radical (unpaired) electrons. The first kappa shape index (κ1) is 11.1. The van der Waals surface area contributed by atoms with Gasteiger partial charge in [-0.2, -0.15) is 0 Å². The van der Waals surface area contributed by atoms with E-state index in [1.54, 1.807) is 0 Å². The molecule has 2 atom stereocenters. The van der Waals surface area contributed by atoms with E-state index < -0.39 is 0 Å². The number of hydrogen-bond donors (Lipinski definition) is 1. The molecular formula is C10H17NS2. The lowest BCUT2D eigenvalue weighted by Gasteiger charge is -2.20. The molecular weight excluding hydrogens is 198 g/mol. The van der Waals surface area contributed by atoms with Crippen LogP contribution in [0.3, 0.4) is 0 Å². The summed E-state index contributed by atoms with van der Waals surface area (Å²) in [6.45, 7) is 4.52. The molecule has 0 bridgehead atoms. The second-order valence-corrected chi connectivity index (χ2v) is 5.68. The van der Waals surface area contributed by atoms with Gasteiger partial charge in [0.25, 0.3) is 0 Å². The third kappa shape index (κ3) is 3.33. The van der Waals surface area contributed by atoms with Crippen LogP contribution in [0.4, 0.5) is 0 Å². The number of thiophene rings is 1. The van der Waals surface area contributed by atoms with Crippen LogP contribution in [0.5, 0.6) is 0 Å². The monoisotopic (exact) mass is 215 g/mol. The molecule has 1 aromatic heterocycles. The minimum absolute atomic E-state index is 0.618. The Bertz CT molecular complexity index is 217. The number of thioether (sulfide) groups is 1. The van der Waals surface area contributed by atoms with Crippen molar-refractivity contribution >= 4 is 23.1 Å². The molecule has 0 aromatic carbocycles. The summed E-state index contributed by atoms with van der Waals surface area (Å²) in [7, 11) is 2.04. The topological polar surface area (TPSA) is 12.0 Å². The summed E-state index contributed by atoms with van der Waals surface area (Å²) >= 11 is 3.79. The summed E-state index contributed by atoms with van der Waals surface area (Å²) in [5.41, 5.74) is 0. The second kappa shape index (κ2) is 5.68. The van der Waals surface area contributed by atoms with Crippen LogP contribution in [0.25, 0.3) is 0 Å². The highest BCUT2D eigenvalue weighted by Crippen LogP contribution is 2.29. The van der Waals surface area contributed by atoms with E-state index in [0.29, 0.717) is 11.3 Å². The van der Waals surface area contributed by atoms with Gasteiger partial charge in [0.2, 0.25) is 0 Å². The van der Waals surface area contributed by atoms with E-state index in [0.717, 1.165) is 0 Å². The molecule has 0 aliphatic carbocycles. The Hall–Kier alpha value is 0.01000. The molecule has 1 heterocycles. The third-order valence-electron chi connectivity index (χ3n) is 2.17. The Kier molecular flexibility index (Phi) is 4.84. The van der Waals surface area contributed by atoms with Crippen LogP contribution in [0.15, 0.2) is 21.7 Å². The molecule has 0 saturated heterocycles. The maximum atomic E-state index is 3.35. The van der Waals surface area contributed by atoms with Gasteiger partial charge in [0.15, 0.2) is 0 Å². The van der Waals surface area contributed by atoms with Gasteiger partial charge in [-0.15, -0.1) is 23.1 Å². The molecule has 0 spiro atoms. The summed E-state index contributed by atoms with van der Waals surface area (Å²) in [5.74, 6) is 0. The Morgan fingerprint density at radius 2 is 2.38 bits per heavy atom. The summed E-state index contributed by atoms with van der Waals surface area (Å²) in [4.78, 5) is 0. The Balaban J connectivity index is 2.44. The molecule has 1 N–H and O–H groups in total. The summed E-state index contributed by atoms with van der Waals surface area (Å²) in [6.07, 6.45) is 1.19. The number of hydrogen-bond acceptors (Lipinski definition) is 3. The van der Waals surface area contributed by atoms with E-state index in [4.69, 9.17) is 0 Å². The molecule has 1 rings (SSSR count). The van der Waals surface area contributed by atoms with Crippen molar-refractivity contribution in [1.82, 2.24) is 5.32 Å². The molecule has 0 aliphatic heterocycles. The predicted molar refractivity (Wildman–Crippen MR) is 62.8 cm³/mol. The minimum atomic E-state index is 0.618. The zero-order valence-corrected chi connectivity index (χ0v) is 10.0. The molecule has 0 saturated carbocycles. The van der Waals surface area contributed by atoms with E-state index in [1.165, 1.54) is 10.6 Å². The van der Waals surface area contributed by atoms with Gasteiger partial charge in [0, 0.05) is 11.3 Å². The lowest BCUT2D eigenvalue weighted by molar-refractivity contribution is 0.542. The lowest BCUT2D eigenvalue weighted by Crippen LogP contribution is -2.32. The number of nitrogens with one attached hydrogen (secondary N) is 1. The van der Waals surface area contributed by atoms with Crippen LogP contribution in [0, 0.1) is 0 Å². The second-order valence-electron chi connectivity index (χ2n) is 3.06. The van der Waals surface area contributed by atoms with Gasteiger partial charge in [-0.1, -0.05) is 19.9 Å². The smallest absolute Gasteiger partial charge is 0.0601 e. The first-order chi connectivity index (χ1) is 6.27. The molecule has 0 amide bonds. The molecule has 1 nitrogen and oxygen atoms in total. The van der Waals surface area contributed by atoms with Gasteiger partial charge >= 0.3 is 0 Å². The quantitative estimate of drug-likeness (QED) is 0.757. The van der Waals surface area contributed by atoms with Crippen molar-refractivity contribution in [3.63, 3.8) is 0 Å².